The number of rotatable bonds is 8. The molecule has 4 saturated carbocycles. The van der Waals surface area contributed by atoms with Crippen LogP contribution in [-0.4, -0.2) is 141 Å². The SMILES string of the molecule is C.COC(=O)C(F)[C@@H]1[C@H]2O[C@H]2C[C@H]1O.COC(=O)C(F)[C@H]1[C@@H]2O[C@@H]2C[C@@H]1O.COC(=O)C1(F)[C@@H]2[C@H]1[C@@H](O)C[C@H]2O.C[CH2][Al]([CH2]C)[CH2]C. The second-order valence-corrected chi connectivity index (χ2v) is 16.8. The van der Waals surface area contributed by atoms with Crippen molar-refractivity contribution in [1.82, 2.24) is 0 Å². The Morgan fingerprint density at radius 2 is 1.09 bits per heavy atom. The molecule has 6 rings (SSSR count). The van der Waals surface area contributed by atoms with Gasteiger partial charge < -0.3 is 44.1 Å². The van der Waals surface area contributed by atoms with Crippen molar-refractivity contribution >= 4 is 32.1 Å². The Morgan fingerprint density at radius 3 is 1.32 bits per heavy atom. The third kappa shape index (κ3) is 9.00. The maximum absolute atomic E-state index is 13.7. The smallest absolute Gasteiger partial charge is 0.344 e. The fourth-order valence-electron chi connectivity index (χ4n) is 7.14. The third-order valence-corrected chi connectivity index (χ3v) is 13.6. The lowest BCUT2D eigenvalue weighted by Gasteiger charge is -2.18. The molecule has 3 unspecified atom stereocenters. The molecule has 16 heteroatoms. The van der Waals surface area contributed by atoms with Gasteiger partial charge in [-0.25, -0.2) is 27.6 Å². The zero-order valence-electron chi connectivity index (χ0n) is 27.1. The average molecular weight is 701 g/mol. The quantitative estimate of drug-likeness (QED) is 0.125. The van der Waals surface area contributed by atoms with Gasteiger partial charge in [0, 0.05) is 31.1 Å². The molecule has 0 aromatic rings. The molecule has 4 N–H and O–H groups in total. The molecule has 15 atom stereocenters. The summed E-state index contributed by atoms with van der Waals surface area (Å²) in [6.07, 6.45) is -6.63. The van der Waals surface area contributed by atoms with Crippen molar-refractivity contribution in [1.29, 1.82) is 0 Å². The van der Waals surface area contributed by atoms with Crippen molar-refractivity contribution < 1.29 is 71.7 Å². The van der Waals surface area contributed by atoms with Gasteiger partial charge in [0.2, 0.25) is 18.0 Å². The van der Waals surface area contributed by atoms with Gasteiger partial charge in [-0.1, -0.05) is 44.0 Å². The van der Waals surface area contributed by atoms with E-state index in [-0.39, 0.29) is 52.4 Å². The maximum atomic E-state index is 13.7. The Kier molecular flexibility index (Phi) is 15.4. The first kappa shape index (κ1) is 41.7. The summed E-state index contributed by atoms with van der Waals surface area (Å²) in [6, 6.07) is 0. The lowest BCUT2D eigenvalue weighted by Crippen LogP contribution is -2.35. The van der Waals surface area contributed by atoms with Crippen LogP contribution in [0.1, 0.15) is 47.5 Å². The molecule has 0 radical (unpaired) electrons. The Bertz CT molecular complexity index is 978. The van der Waals surface area contributed by atoms with Crippen molar-refractivity contribution in [2.75, 3.05) is 21.3 Å². The van der Waals surface area contributed by atoms with E-state index in [0.717, 1.165) is 21.3 Å². The molecule has 0 spiro atoms. The third-order valence-electron chi connectivity index (χ3n) is 10.2. The van der Waals surface area contributed by atoms with E-state index in [1.165, 1.54) is 15.8 Å². The molecule has 272 valence electrons. The van der Waals surface area contributed by atoms with Crippen LogP contribution < -0.4 is 0 Å². The van der Waals surface area contributed by atoms with E-state index in [4.69, 9.17) is 9.47 Å². The van der Waals surface area contributed by atoms with Crippen LogP contribution in [0.15, 0.2) is 0 Å². The second kappa shape index (κ2) is 17.4. The van der Waals surface area contributed by atoms with Gasteiger partial charge in [0.15, 0.2) is 0 Å². The summed E-state index contributed by atoms with van der Waals surface area (Å²) in [7, 11) is 3.35. The molecule has 0 aromatic carbocycles. The van der Waals surface area contributed by atoms with Crippen LogP contribution >= 0.6 is 0 Å². The number of fused-ring (bicyclic) bond motifs is 3. The normalized spacial score (nSPS) is 40.3. The molecule has 2 aliphatic heterocycles. The van der Waals surface area contributed by atoms with Crippen molar-refractivity contribution in [2.24, 2.45) is 23.7 Å². The number of hydrogen-bond donors (Lipinski definition) is 4. The van der Waals surface area contributed by atoms with Gasteiger partial charge in [0.05, 0.1) is 82.0 Å². The number of esters is 3. The topological polar surface area (TPSA) is 185 Å². The molecule has 0 amide bonds. The molecule has 6 fully saturated rings. The van der Waals surface area contributed by atoms with Gasteiger partial charge in [-0.3, -0.25) is 0 Å². The van der Waals surface area contributed by atoms with E-state index in [1.54, 1.807) is 0 Å². The minimum Gasteiger partial charge on any atom is -0.467 e. The molecule has 0 aromatic heterocycles. The minimum absolute atomic E-state index is 0. The fourth-order valence-corrected chi connectivity index (χ4v) is 8.87. The predicted octanol–water partition coefficient (Wildman–Crippen LogP) is 1.71. The van der Waals surface area contributed by atoms with E-state index in [1.807, 2.05) is 0 Å². The number of epoxide rings is 2. The number of aliphatic hydroxyl groups excluding tert-OH is 4. The monoisotopic (exact) mass is 700 g/mol. The summed E-state index contributed by atoms with van der Waals surface area (Å²) in [4.78, 5) is 32.7. The minimum atomic E-state index is -2.15. The van der Waals surface area contributed by atoms with Gasteiger partial charge in [0.1, 0.15) is 0 Å². The van der Waals surface area contributed by atoms with Crippen LogP contribution in [0.3, 0.4) is 0 Å². The van der Waals surface area contributed by atoms with E-state index < -0.39 is 84.0 Å². The summed E-state index contributed by atoms with van der Waals surface area (Å²) in [5.41, 5.74) is -2.15. The highest BCUT2D eigenvalue weighted by atomic mass is 27.2. The van der Waals surface area contributed by atoms with Crippen LogP contribution in [0.5, 0.6) is 0 Å². The molecule has 12 nitrogen and oxygen atoms in total. The molecule has 2 saturated heterocycles. The molecule has 47 heavy (non-hydrogen) atoms. The van der Waals surface area contributed by atoms with Crippen LogP contribution in [0, 0.1) is 23.7 Å². The Hall–Kier alpha value is -1.51. The van der Waals surface area contributed by atoms with Gasteiger partial charge in [-0.05, 0) is 0 Å². The summed E-state index contributed by atoms with van der Waals surface area (Å²) in [5.74, 6) is -5.86. The van der Waals surface area contributed by atoms with E-state index in [0.29, 0.717) is 12.8 Å². The number of carbonyl (C=O) groups is 3. The Morgan fingerprint density at radius 1 is 0.723 bits per heavy atom. The van der Waals surface area contributed by atoms with Gasteiger partial charge in [-0.2, -0.15) is 0 Å². The van der Waals surface area contributed by atoms with Gasteiger partial charge in [-0.15, -0.1) is 0 Å². The highest BCUT2D eigenvalue weighted by Crippen LogP contribution is 2.63. The number of aliphatic hydroxyl groups is 4. The number of methoxy groups -OCH3 is 3. The number of hydrogen-bond acceptors (Lipinski definition) is 12. The van der Waals surface area contributed by atoms with Crippen LogP contribution in [0.25, 0.3) is 0 Å². The molecule has 6 aliphatic rings. The maximum Gasteiger partial charge on any atom is 0.344 e. The van der Waals surface area contributed by atoms with Gasteiger partial charge >= 0.3 is 17.9 Å². The van der Waals surface area contributed by atoms with Crippen LogP contribution in [0.4, 0.5) is 13.2 Å². The van der Waals surface area contributed by atoms with E-state index in [9.17, 15) is 48.0 Å². The van der Waals surface area contributed by atoms with Crippen molar-refractivity contribution in [2.45, 2.75) is 130 Å². The van der Waals surface area contributed by atoms with Crippen molar-refractivity contribution in [3.05, 3.63) is 0 Å². The first-order valence-corrected chi connectivity index (χ1v) is 18.4. The molecule has 2 heterocycles. The molecular weight excluding hydrogens is 648 g/mol. The highest BCUT2D eigenvalue weighted by molar-refractivity contribution is 6.58. The summed E-state index contributed by atoms with van der Waals surface area (Å²) in [5, 5.41) is 41.8. The van der Waals surface area contributed by atoms with Crippen LogP contribution in [0.2, 0.25) is 15.8 Å². The summed E-state index contributed by atoms with van der Waals surface area (Å²) in [6.45, 7) is 6.97. The number of alkyl halides is 3. The van der Waals surface area contributed by atoms with Crippen LogP contribution in [-0.2, 0) is 38.1 Å². The Balaban J connectivity index is 0.000000222. The predicted molar refractivity (Wildman–Crippen MR) is 163 cm³/mol. The first-order valence-electron chi connectivity index (χ1n) is 15.9. The number of ether oxygens (including phenoxy) is 5. The average Bonchev–Trinajstić information content (AvgIpc) is 3.98. The van der Waals surface area contributed by atoms with Gasteiger partial charge in [0.25, 0.3) is 14.1 Å². The zero-order chi connectivity index (χ0) is 34.7. The van der Waals surface area contributed by atoms with Crippen molar-refractivity contribution in [3.8, 4) is 0 Å². The molecule has 0 bridgehead atoms. The highest BCUT2D eigenvalue weighted by Gasteiger charge is 2.80. The molecule has 4 aliphatic carbocycles. The van der Waals surface area contributed by atoms with E-state index >= 15 is 0 Å². The zero-order valence-corrected chi connectivity index (χ0v) is 28.2. The first-order chi connectivity index (χ1) is 21.7. The number of halogens is 3. The lowest BCUT2D eigenvalue weighted by molar-refractivity contribution is -0.152. The van der Waals surface area contributed by atoms with E-state index in [2.05, 4.69) is 35.0 Å². The standard InChI is InChI=1S/3C8H11FO4.3C2H5.CH4.Al/c2*1-12-8(11)6(9)5-3(10)2-4-7(5)13-4;1-13-7(12)8(9)5-3(10)2-4(11)6(5)8;3*1-2;;/h2*3-7,10H,2H2,1H3;3-6,10-11H,2H2,1H3;3*1H2,2H3;1H4;/t2*3-,4+,5-,6?,7+;3-,4+,5+,6-,8?;;;;;/m10....../s1. The fraction of sp³-hybridized carbons (Fsp3) is 0.903. The summed E-state index contributed by atoms with van der Waals surface area (Å²) >= 11 is -0.171. The Labute approximate surface area is 278 Å². The largest absolute Gasteiger partial charge is 0.467 e. The lowest BCUT2D eigenvalue weighted by atomic mass is 9.99. The second-order valence-electron chi connectivity index (χ2n) is 12.7. The molecular formula is C31H52AlF3O12. The summed E-state index contributed by atoms with van der Waals surface area (Å²) < 4.78 is 63.2. The number of carbonyl (C=O) groups excluding carboxylic acids is 3. The van der Waals surface area contributed by atoms with Crippen molar-refractivity contribution in [3.63, 3.8) is 0 Å².